The first-order valence-electron chi connectivity index (χ1n) is 14.7. The summed E-state index contributed by atoms with van der Waals surface area (Å²) in [6, 6.07) is 38.3. The average Bonchev–Trinajstić information content (AvgIpc) is 3.05. The lowest BCUT2D eigenvalue weighted by molar-refractivity contribution is -0.248. The second kappa shape index (κ2) is 15.6. The predicted octanol–water partition coefficient (Wildman–Crippen LogP) is 5.38. The van der Waals surface area contributed by atoms with Crippen LogP contribution in [0.25, 0.3) is 0 Å². The van der Waals surface area contributed by atoms with Gasteiger partial charge in [-0.2, -0.15) is 0 Å². The van der Waals surface area contributed by atoms with Gasteiger partial charge < -0.3 is 29.4 Å². The van der Waals surface area contributed by atoms with E-state index in [9.17, 15) is 9.90 Å². The van der Waals surface area contributed by atoms with E-state index < -0.39 is 36.6 Å². The molecule has 0 bridgehead atoms. The molecule has 4 aromatic carbocycles. The molecule has 4 aromatic rings. The van der Waals surface area contributed by atoms with Crippen molar-refractivity contribution >= 4 is 5.91 Å². The van der Waals surface area contributed by atoms with Crippen molar-refractivity contribution in [2.24, 2.45) is 0 Å². The Morgan fingerprint density at radius 1 is 0.721 bits per heavy atom. The number of ether oxygens (including phenoxy) is 4. The Morgan fingerprint density at radius 3 is 1.70 bits per heavy atom. The van der Waals surface area contributed by atoms with Crippen LogP contribution in [0.15, 0.2) is 121 Å². The molecule has 0 radical (unpaired) electrons. The van der Waals surface area contributed by atoms with Gasteiger partial charge in [0.25, 0.3) is 0 Å². The number of aliphatic hydroxyl groups is 1. The monoisotopic (exact) mass is 581 g/mol. The number of carbonyl (C=O) groups is 1. The third kappa shape index (κ3) is 8.60. The van der Waals surface area contributed by atoms with Gasteiger partial charge in [-0.15, -0.1) is 0 Å². The van der Waals surface area contributed by atoms with E-state index in [0.717, 1.165) is 16.7 Å². The van der Waals surface area contributed by atoms with E-state index in [1.165, 1.54) is 6.92 Å². The number of amides is 1. The molecule has 1 unspecified atom stereocenters. The van der Waals surface area contributed by atoms with Gasteiger partial charge in [0.2, 0.25) is 5.91 Å². The van der Waals surface area contributed by atoms with Crippen molar-refractivity contribution in [3.63, 3.8) is 0 Å². The zero-order valence-corrected chi connectivity index (χ0v) is 24.3. The van der Waals surface area contributed by atoms with Gasteiger partial charge in [-0.3, -0.25) is 4.79 Å². The third-order valence-electron chi connectivity index (χ3n) is 7.52. The molecule has 1 fully saturated rings. The highest BCUT2D eigenvalue weighted by Gasteiger charge is 2.50. The number of carbonyl (C=O) groups excluding carboxylic acids is 1. The lowest BCUT2D eigenvalue weighted by Gasteiger charge is -2.48. The first-order chi connectivity index (χ1) is 21.1. The van der Waals surface area contributed by atoms with Crippen LogP contribution in [0.5, 0.6) is 0 Å². The molecule has 2 N–H and O–H groups in total. The minimum Gasteiger partial charge on any atom is -0.386 e. The molecule has 0 aliphatic carbocycles. The smallest absolute Gasteiger partial charge is 0.217 e. The molecule has 6 atom stereocenters. The van der Waals surface area contributed by atoms with Crippen LogP contribution in [0.2, 0.25) is 0 Å². The highest BCUT2D eigenvalue weighted by Crippen LogP contribution is 2.34. The van der Waals surface area contributed by atoms with E-state index in [2.05, 4.69) is 5.32 Å². The highest BCUT2D eigenvalue weighted by atomic mass is 16.6. The molecule has 7 nitrogen and oxygen atoms in total. The Kier molecular flexibility index (Phi) is 11.1. The van der Waals surface area contributed by atoms with E-state index in [0.29, 0.717) is 25.4 Å². The van der Waals surface area contributed by atoms with Crippen molar-refractivity contribution in [3.05, 3.63) is 144 Å². The molecular weight excluding hydrogens is 542 g/mol. The summed E-state index contributed by atoms with van der Waals surface area (Å²) >= 11 is 0. The summed E-state index contributed by atoms with van der Waals surface area (Å²) in [6.45, 7) is 2.65. The molecule has 0 saturated carbocycles. The minimum absolute atomic E-state index is 0.199. The van der Waals surface area contributed by atoms with Crippen molar-refractivity contribution in [1.82, 2.24) is 5.32 Å². The van der Waals surface area contributed by atoms with Crippen molar-refractivity contribution in [2.75, 3.05) is 6.61 Å². The van der Waals surface area contributed by atoms with Crippen molar-refractivity contribution < 1.29 is 28.8 Å². The average molecular weight is 582 g/mol. The van der Waals surface area contributed by atoms with E-state index in [1.807, 2.05) is 121 Å². The third-order valence-corrected chi connectivity index (χ3v) is 7.52. The highest BCUT2D eigenvalue weighted by molar-refractivity contribution is 5.73. The van der Waals surface area contributed by atoms with Crippen LogP contribution < -0.4 is 5.32 Å². The van der Waals surface area contributed by atoms with Crippen molar-refractivity contribution in [3.8, 4) is 0 Å². The van der Waals surface area contributed by atoms with Gasteiger partial charge >= 0.3 is 0 Å². The summed E-state index contributed by atoms with van der Waals surface area (Å²) in [4.78, 5) is 12.6. The van der Waals surface area contributed by atoms with Gasteiger partial charge in [0.05, 0.1) is 32.5 Å². The lowest BCUT2D eigenvalue weighted by atomic mass is 9.87. The summed E-state index contributed by atoms with van der Waals surface area (Å²) in [5.74, 6) is -0.257. The van der Waals surface area contributed by atoms with Gasteiger partial charge in [-0.1, -0.05) is 121 Å². The zero-order chi connectivity index (χ0) is 29.9. The van der Waals surface area contributed by atoms with Gasteiger partial charge in [-0.05, 0) is 22.3 Å². The second-order valence-electron chi connectivity index (χ2n) is 10.7. The molecule has 224 valence electrons. The number of aliphatic hydroxyl groups excluding tert-OH is 1. The van der Waals surface area contributed by atoms with Crippen LogP contribution >= 0.6 is 0 Å². The maximum absolute atomic E-state index is 12.6. The Hall–Kier alpha value is -3.85. The first kappa shape index (κ1) is 30.6. The molecule has 1 heterocycles. The van der Waals surface area contributed by atoms with Gasteiger partial charge in [0.15, 0.2) is 0 Å². The van der Waals surface area contributed by atoms with Gasteiger partial charge in [0, 0.05) is 6.92 Å². The van der Waals surface area contributed by atoms with E-state index in [1.54, 1.807) is 0 Å². The molecule has 0 spiro atoms. The Labute approximate surface area is 253 Å². The van der Waals surface area contributed by atoms with Crippen molar-refractivity contribution in [1.29, 1.82) is 0 Å². The van der Waals surface area contributed by atoms with Crippen LogP contribution in [0.4, 0.5) is 0 Å². The maximum atomic E-state index is 12.6. The molecule has 1 amide bonds. The Balaban J connectivity index is 1.47. The Bertz CT molecular complexity index is 1370. The van der Waals surface area contributed by atoms with Crippen LogP contribution in [0.1, 0.15) is 35.3 Å². The zero-order valence-electron chi connectivity index (χ0n) is 24.3. The quantitative estimate of drug-likeness (QED) is 0.221. The molecule has 43 heavy (non-hydrogen) atoms. The van der Waals surface area contributed by atoms with E-state index >= 15 is 0 Å². The standard InChI is InChI=1S/C36H39NO6/c1-26(38)37-32-35(33(39)30-20-12-5-13-21-30)43-31(25-40-22-27-14-6-2-7-15-27)34(41-23-28-16-8-3-9-17-28)36(32)42-24-29-18-10-4-11-19-29/h2-21,31-36,39H,22-25H2,1H3,(H,37,38)/t31-,32+,33?,34-,35+,36-/m1/s1. The summed E-state index contributed by atoms with van der Waals surface area (Å²) in [7, 11) is 0. The molecular formula is C36H39NO6. The Morgan fingerprint density at radius 2 is 1.19 bits per heavy atom. The van der Waals surface area contributed by atoms with E-state index in [-0.39, 0.29) is 12.5 Å². The molecule has 0 aromatic heterocycles. The van der Waals surface area contributed by atoms with Crippen LogP contribution in [0, 0.1) is 0 Å². The van der Waals surface area contributed by atoms with E-state index in [4.69, 9.17) is 18.9 Å². The van der Waals surface area contributed by atoms with Crippen LogP contribution in [-0.4, -0.2) is 48.1 Å². The molecule has 1 aliphatic rings. The molecule has 1 aliphatic heterocycles. The van der Waals surface area contributed by atoms with Crippen LogP contribution in [-0.2, 0) is 43.6 Å². The fourth-order valence-electron chi connectivity index (χ4n) is 5.41. The largest absolute Gasteiger partial charge is 0.386 e. The predicted molar refractivity (Wildman–Crippen MR) is 164 cm³/mol. The summed E-state index contributed by atoms with van der Waals surface area (Å²) in [5, 5.41) is 14.7. The number of benzene rings is 4. The lowest BCUT2D eigenvalue weighted by Crippen LogP contribution is -2.66. The second-order valence-corrected chi connectivity index (χ2v) is 10.7. The van der Waals surface area contributed by atoms with Gasteiger partial charge in [0.1, 0.15) is 30.5 Å². The number of hydrogen-bond acceptors (Lipinski definition) is 6. The fourth-order valence-corrected chi connectivity index (χ4v) is 5.41. The summed E-state index contributed by atoms with van der Waals surface area (Å²) < 4.78 is 26.0. The van der Waals surface area contributed by atoms with Crippen LogP contribution in [0.3, 0.4) is 0 Å². The molecule has 7 heteroatoms. The molecule has 5 rings (SSSR count). The van der Waals surface area contributed by atoms with Crippen molar-refractivity contribution in [2.45, 2.75) is 63.3 Å². The number of rotatable bonds is 13. The topological polar surface area (TPSA) is 86.3 Å². The summed E-state index contributed by atoms with van der Waals surface area (Å²) in [6.07, 6.45) is -3.73. The first-order valence-corrected chi connectivity index (χ1v) is 14.7. The number of hydrogen-bond donors (Lipinski definition) is 2. The maximum Gasteiger partial charge on any atom is 0.217 e. The number of nitrogens with one attached hydrogen (secondary N) is 1. The molecule has 1 saturated heterocycles. The SMILES string of the molecule is CC(=O)N[C@@H]1[C@@H](OCc2ccccc2)[C@H](OCc2ccccc2)[C@@H](COCc2ccccc2)O[C@@H]1C(O)c1ccccc1. The fraction of sp³-hybridized carbons (Fsp3) is 0.306. The minimum atomic E-state index is -1.03. The normalized spacial score (nSPS) is 22.5. The van der Waals surface area contributed by atoms with Gasteiger partial charge in [-0.25, -0.2) is 0 Å². The summed E-state index contributed by atoms with van der Waals surface area (Å²) in [5.41, 5.74) is 3.69.